The lowest BCUT2D eigenvalue weighted by Gasteiger charge is -2.10. The summed E-state index contributed by atoms with van der Waals surface area (Å²) < 4.78 is 33.8. The van der Waals surface area contributed by atoms with Crippen LogP contribution in [-0.4, -0.2) is 46.3 Å². The molecule has 1 aliphatic rings. The Morgan fingerprint density at radius 1 is 1.26 bits per heavy atom. The standard InChI is InChI=1S/C13H19NO4S/c1-17-8-13(14)11(12(13)19(3,15)16)9-4-6-10(18-2)7-5-9/h4-7,11-12H,8,14H2,1-3H3/t11-,12+,13-/m1/s1. The van der Waals surface area contributed by atoms with Gasteiger partial charge in [-0.3, -0.25) is 0 Å². The monoisotopic (exact) mass is 285 g/mol. The SMILES string of the molecule is COC[C@@]1(N)[C@H](c2ccc(OC)cc2)[C@@H]1S(C)(=O)=O. The molecular weight excluding hydrogens is 266 g/mol. The second-order valence-electron chi connectivity index (χ2n) is 5.05. The largest absolute Gasteiger partial charge is 0.497 e. The zero-order chi connectivity index (χ0) is 14.3. The van der Waals surface area contributed by atoms with E-state index in [0.29, 0.717) is 0 Å². The van der Waals surface area contributed by atoms with E-state index in [9.17, 15) is 8.42 Å². The third-order valence-electron chi connectivity index (χ3n) is 3.63. The van der Waals surface area contributed by atoms with Crippen molar-refractivity contribution in [2.75, 3.05) is 27.1 Å². The Labute approximate surface area is 113 Å². The summed E-state index contributed by atoms with van der Waals surface area (Å²) in [6, 6.07) is 7.32. The van der Waals surface area contributed by atoms with Crippen LogP contribution in [-0.2, 0) is 14.6 Å². The maximum absolute atomic E-state index is 11.8. The Balaban J connectivity index is 2.32. The summed E-state index contributed by atoms with van der Waals surface area (Å²) in [5.74, 6) is 0.503. The number of benzene rings is 1. The van der Waals surface area contributed by atoms with E-state index in [1.807, 2.05) is 12.1 Å². The summed E-state index contributed by atoms with van der Waals surface area (Å²) in [5.41, 5.74) is 6.26. The lowest BCUT2D eigenvalue weighted by molar-refractivity contribution is 0.171. The number of ether oxygens (including phenoxy) is 2. The van der Waals surface area contributed by atoms with Gasteiger partial charge in [0.05, 0.1) is 24.5 Å². The molecule has 0 radical (unpaired) electrons. The van der Waals surface area contributed by atoms with Gasteiger partial charge in [0.2, 0.25) is 0 Å². The first-order valence-corrected chi connectivity index (χ1v) is 7.90. The smallest absolute Gasteiger partial charge is 0.152 e. The average molecular weight is 285 g/mol. The molecule has 2 N–H and O–H groups in total. The number of hydrogen-bond acceptors (Lipinski definition) is 5. The maximum atomic E-state index is 11.8. The number of sulfone groups is 1. The van der Waals surface area contributed by atoms with Crippen molar-refractivity contribution in [2.24, 2.45) is 5.73 Å². The highest BCUT2D eigenvalue weighted by Gasteiger charge is 2.67. The van der Waals surface area contributed by atoms with Crippen molar-refractivity contribution < 1.29 is 17.9 Å². The molecule has 106 valence electrons. The van der Waals surface area contributed by atoms with Gasteiger partial charge in [-0.05, 0) is 17.7 Å². The van der Waals surface area contributed by atoms with Crippen LogP contribution in [0, 0.1) is 0 Å². The van der Waals surface area contributed by atoms with Crippen molar-refractivity contribution in [3.63, 3.8) is 0 Å². The van der Waals surface area contributed by atoms with Crippen LogP contribution in [0.2, 0.25) is 0 Å². The van der Waals surface area contributed by atoms with Crippen LogP contribution < -0.4 is 10.5 Å². The van der Waals surface area contributed by atoms with Crippen LogP contribution in [0.4, 0.5) is 0 Å². The minimum Gasteiger partial charge on any atom is -0.497 e. The van der Waals surface area contributed by atoms with E-state index in [-0.39, 0.29) is 12.5 Å². The molecule has 1 aromatic carbocycles. The molecule has 0 saturated heterocycles. The van der Waals surface area contributed by atoms with Crippen LogP contribution in [0.3, 0.4) is 0 Å². The Bertz CT molecular complexity index is 555. The summed E-state index contributed by atoms with van der Waals surface area (Å²) in [4.78, 5) is 0. The van der Waals surface area contributed by atoms with Gasteiger partial charge in [-0.1, -0.05) is 12.1 Å². The van der Waals surface area contributed by atoms with Gasteiger partial charge in [0, 0.05) is 19.3 Å². The van der Waals surface area contributed by atoms with E-state index in [2.05, 4.69) is 0 Å². The first-order chi connectivity index (χ1) is 8.84. The summed E-state index contributed by atoms with van der Waals surface area (Å²) >= 11 is 0. The first-order valence-electron chi connectivity index (χ1n) is 5.95. The molecule has 2 rings (SSSR count). The molecule has 19 heavy (non-hydrogen) atoms. The quantitative estimate of drug-likeness (QED) is 0.854. The minimum atomic E-state index is -3.21. The molecule has 0 unspecified atom stereocenters. The average Bonchev–Trinajstić information content (AvgIpc) is 2.96. The summed E-state index contributed by atoms with van der Waals surface area (Å²) in [6.07, 6.45) is 1.22. The number of rotatable bonds is 5. The van der Waals surface area contributed by atoms with E-state index in [4.69, 9.17) is 15.2 Å². The fourth-order valence-electron chi connectivity index (χ4n) is 2.79. The molecule has 0 aliphatic heterocycles. The lowest BCUT2D eigenvalue weighted by Crippen LogP contribution is -2.35. The van der Waals surface area contributed by atoms with Crippen molar-refractivity contribution >= 4 is 9.84 Å². The highest BCUT2D eigenvalue weighted by Crippen LogP contribution is 2.54. The van der Waals surface area contributed by atoms with Crippen LogP contribution in [0.15, 0.2) is 24.3 Å². The maximum Gasteiger partial charge on any atom is 0.152 e. The van der Waals surface area contributed by atoms with E-state index >= 15 is 0 Å². The summed E-state index contributed by atoms with van der Waals surface area (Å²) in [7, 11) is -0.0967. The Morgan fingerprint density at radius 3 is 2.26 bits per heavy atom. The minimum absolute atomic E-state index is 0.224. The third kappa shape index (κ3) is 2.48. The molecule has 1 saturated carbocycles. The van der Waals surface area contributed by atoms with Gasteiger partial charge < -0.3 is 15.2 Å². The predicted octanol–water partition coefficient (Wildman–Crippen LogP) is 0.549. The predicted molar refractivity (Wildman–Crippen MR) is 73.2 cm³/mol. The van der Waals surface area contributed by atoms with Crippen molar-refractivity contribution in [3.05, 3.63) is 29.8 Å². The lowest BCUT2D eigenvalue weighted by atomic mass is 10.1. The molecule has 0 aromatic heterocycles. The Kier molecular flexibility index (Phi) is 3.59. The van der Waals surface area contributed by atoms with Gasteiger partial charge >= 0.3 is 0 Å². The van der Waals surface area contributed by atoms with Gasteiger partial charge in [0.1, 0.15) is 5.75 Å². The van der Waals surface area contributed by atoms with Crippen LogP contribution >= 0.6 is 0 Å². The van der Waals surface area contributed by atoms with Crippen molar-refractivity contribution in [3.8, 4) is 5.75 Å². The van der Waals surface area contributed by atoms with Crippen LogP contribution in [0.1, 0.15) is 11.5 Å². The number of hydrogen-bond donors (Lipinski definition) is 1. The summed E-state index contributed by atoms with van der Waals surface area (Å²) in [5, 5.41) is -0.589. The van der Waals surface area contributed by atoms with Crippen LogP contribution in [0.25, 0.3) is 0 Å². The van der Waals surface area contributed by atoms with Crippen molar-refractivity contribution in [1.82, 2.24) is 0 Å². The van der Waals surface area contributed by atoms with Crippen LogP contribution in [0.5, 0.6) is 5.75 Å². The van der Waals surface area contributed by atoms with Gasteiger partial charge in [-0.2, -0.15) is 0 Å². The van der Waals surface area contributed by atoms with E-state index < -0.39 is 20.6 Å². The topological polar surface area (TPSA) is 78.6 Å². The molecule has 6 heteroatoms. The van der Waals surface area contributed by atoms with Crippen molar-refractivity contribution in [1.29, 1.82) is 0 Å². The molecule has 1 aliphatic carbocycles. The normalized spacial score (nSPS) is 30.1. The summed E-state index contributed by atoms with van der Waals surface area (Å²) in [6.45, 7) is 0.224. The van der Waals surface area contributed by atoms with E-state index in [0.717, 1.165) is 11.3 Å². The molecule has 0 spiro atoms. The zero-order valence-electron chi connectivity index (χ0n) is 11.3. The van der Waals surface area contributed by atoms with Gasteiger partial charge in [-0.25, -0.2) is 8.42 Å². The molecule has 0 amide bonds. The first kappa shape index (κ1) is 14.3. The highest BCUT2D eigenvalue weighted by atomic mass is 32.2. The Hall–Kier alpha value is -1.11. The molecule has 1 fully saturated rings. The second kappa shape index (κ2) is 4.77. The zero-order valence-corrected chi connectivity index (χ0v) is 12.1. The second-order valence-corrected chi connectivity index (χ2v) is 7.21. The number of nitrogens with two attached hydrogens (primary N) is 1. The van der Waals surface area contributed by atoms with Gasteiger partial charge in [0.25, 0.3) is 0 Å². The van der Waals surface area contributed by atoms with E-state index in [1.54, 1.807) is 19.2 Å². The van der Waals surface area contributed by atoms with Gasteiger partial charge in [-0.15, -0.1) is 0 Å². The number of methoxy groups -OCH3 is 2. The third-order valence-corrected chi connectivity index (χ3v) is 5.27. The molecule has 0 heterocycles. The fraction of sp³-hybridized carbons (Fsp3) is 0.538. The fourth-order valence-corrected chi connectivity index (χ4v) is 4.63. The van der Waals surface area contributed by atoms with Gasteiger partial charge in [0.15, 0.2) is 9.84 Å². The van der Waals surface area contributed by atoms with E-state index in [1.165, 1.54) is 13.4 Å². The molecule has 1 aromatic rings. The highest BCUT2D eigenvalue weighted by molar-refractivity contribution is 7.91. The van der Waals surface area contributed by atoms with Crippen molar-refractivity contribution in [2.45, 2.75) is 16.7 Å². The molecular formula is C13H19NO4S. The molecule has 0 bridgehead atoms. The Morgan fingerprint density at radius 2 is 1.84 bits per heavy atom. The molecule has 3 atom stereocenters. The molecule has 5 nitrogen and oxygen atoms in total.